The van der Waals surface area contributed by atoms with Crippen LogP contribution in [0.2, 0.25) is 5.02 Å². The lowest BCUT2D eigenvalue weighted by atomic mass is 9.72. The van der Waals surface area contributed by atoms with Gasteiger partial charge in [-0.05, 0) is 56.3 Å². The maximum atomic E-state index is 13.5. The number of halogens is 2. The smallest absolute Gasteiger partial charge is 0.233 e. The quantitative estimate of drug-likeness (QED) is 0.723. The molecule has 27 heavy (non-hydrogen) atoms. The lowest BCUT2D eigenvalue weighted by Crippen LogP contribution is -2.52. The highest BCUT2D eigenvalue weighted by molar-refractivity contribution is 6.30. The molecule has 0 bridgehead atoms. The topological polar surface area (TPSA) is 64.8 Å². The Hall–Kier alpha value is -0.850. The molecule has 2 aliphatic heterocycles. The van der Waals surface area contributed by atoms with Crippen LogP contribution >= 0.6 is 24.0 Å². The number of benzene rings is 1. The molecule has 0 spiro atoms. The summed E-state index contributed by atoms with van der Waals surface area (Å²) in [4.78, 5) is 15.5. The second kappa shape index (κ2) is 10.6. The molecule has 1 amide bonds. The first-order valence-corrected chi connectivity index (χ1v) is 9.98. The molecular weight excluding hydrogens is 387 g/mol. The van der Waals surface area contributed by atoms with Gasteiger partial charge in [-0.2, -0.15) is 0 Å². The number of hydrogen-bond donors (Lipinski definition) is 1. The summed E-state index contributed by atoms with van der Waals surface area (Å²) in [6.07, 6.45) is 4.31. The maximum Gasteiger partial charge on any atom is 0.233 e. The van der Waals surface area contributed by atoms with Crippen LogP contribution in [0.5, 0.6) is 0 Å². The van der Waals surface area contributed by atoms with Gasteiger partial charge < -0.3 is 20.1 Å². The van der Waals surface area contributed by atoms with Gasteiger partial charge in [0.05, 0.1) is 11.5 Å². The Morgan fingerprint density at radius 2 is 2.00 bits per heavy atom. The first kappa shape index (κ1) is 22.4. The van der Waals surface area contributed by atoms with E-state index in [0.29, 0.717) is 44.2 Å². The predicted octanol–water partition coefficient (Wildman–Crippen LogP) is 3.17. The lowest BCUT2D eigenvalue weighted by molar-refractivity contribution is -0.144. The van der Waals surface area contributed by atoms with Gasteiger partial charge in [-0.15, -0.1) is 12.4 Å². The minimum atomic E-state index is -0.517. The summed E-state index contributed by atoms with van der Waals surface area (Å²) in [5, 5.41) is 0.674. The van der Waals surface area contributed by atoms with E-state index in [1.54, 1.807) is 0 Å². The number of ether oxygens (including phenoxy) is 2. The second-order valence-corrected chi connectivity index (χ2v) is 7.65. The highest BCUT2D eigenvalue weighted by Crippen LogP contribution is 2.38. The minimum Gasteiger partial charge on any atom is -0.381 e. The summed E-state index contributed by atoms with van der Waals surface area (Å²) in [7, 11) is 0. The number of piperidine rings is 1. The van der Waals surface area contributed by atoms with Gasteiger partial charge in [-0.3, -0.25) is 4.79 Å². The number of rotatable bonds is 6. The lowest BCUT2D eigenvalue weighted by Gasteiger charge is -2.42. The van der Waals surface area contributed by atoms with E-state index in [0.717, 1.165) is 37.9 Å². The fraction of sp³-hybridized carbons (Fsp3) is 0.650. The molecule has 0 aliphatic carbocycles. The van der Waals surface area contributed by atoms with Crippen LogP contribution in [0.15, 0.2) is 24.3 Å². The Bertz CT molecular complexity index is 601. The fourth-order valence-corrected chi connectivity index (χ4v) is 4.18. The van der Waals surface area contributed by atoms with Crippen molar-refractivity contribution in [2.24, 2.45) is 5.73 Å². The van der Waals surface area contributed by atoms with Crippen molar-refractivity contribution in [2.75, 3.05) is 39.5 Å². The van der Waals surface area contributed by atoms with Crippen molar-refractivity contribution in [1.82, 2.24) is 4.90 Å². The third kappa shape index (κ3) is 5.36. The summed E-state index contributed by atoms with van der Waals surface area (Å²) in [5.41, 5.74) is 6.01. The number of carbonyl (C=O) groups excluding carboxylic acids is 1. The van der Waals surface area contributed by atoms with E-state index < -0.39 is 5.41 Å². The van der Waals surface area contributed by atoms with Crippen molar-refractivity contribution in [1.29, 1.82) is 0 Å². The number of likely N-dealkylation sites (tertiary alicyclic amines) is 1. The zero-order valence-corrected chi connectivity index (χ0v) is 17.3. The van der Waals surface area contributed by atoms with Crippen LogP contribution in [0.4, 0.5) is 0 Å². The monoisotopic (exact) mass is 416 g/mol. The molecule has 7 heteroatoms. The fourth-order valence-electron chi connectivity index (χ4n) is 3.99. The van der Waals surface area contributed by atoms with Gasteiger partial charge >= 0.3 is 0 Å². The summed E-state index contributed by atoms with van der Waals surface area (Å²) in [5.74, 6) is 0.212. The molecule has 0 atom stereocenters. The zero-order chi connectivity index (χ0) is 18.4. The van der Waals surface area contributed by atoms with E-state index in [1.807, 2.05) is 29.2 Å². The molecule has 2 aliphatic rings. The Labute approximate surface area is 172 Å². The molecule has 3 rings (SSSR count). The normalized spacial score (nSPS) is 20.1. The van der Waals surface area contributed by atoms with Gasteiger partial charge in [0.25, 0.3) is 0 Å². The molecule has 0 aromatic heterocycles. The van der Waals surface area contributed by atoms with E-state index in [9.17, 15) is 4.79 Å². The molecule has 0 radical (unpaired) electrons. The number of nitrogens with two attached hydrogens (primary N) is 1. The van der Waals surface area contributed by atoms with E-state index in [4.69, 9.17) is 26.8 Å². The molecule has 0 unspecified atom stereocenters. The van der Waals surface area contributed by atoms with Crippen LogP contribution in [0.25, 0.3) is 0 Å². The second-order valence-electron chi connectivity index (χ2n) is 7.21. The summed E-state index contributed by atoms with van der Waals surface area (Å²) < 4.78 is 11.4. The van der Waals surface area contributed by atoms with Crippen LogP contribution in [0.3, 0.4) is 0 Å². The Balaban J connectivity index is 0.00000261. The van der Waals surface area contributed by atoms with Crippen LogP contribution in [0.1, 0.15) is 37.7 Å². The standard InChI is InChI=1S/C20H29ClN2O3.ClH/c21-17-4-1-3-16(15-17)20(7-13-25-14-8-20)19(24)23-10-5-18(6-11-23)26-12-2-9-22;/h1,3-4,15,18H,2,5-14,22H2;1H. The largest absolute Gasteiger partial charge is 0.381 e. The number of amides is 1. The Morgan fingerprint density at radius 3 is 2.63 bits per heavy atom. The number of nitrogens with zero attached hydrogens (tertiary/aromatic N) is 1. The molecular formula is C20H30Cl2N2O3. The summed E-state index contributed by atoms with van der Waals surface area (Å²) in [6.45, 7) is 4.07. The highest BCUT2D eigenvalue weighted by atomic mass is 35.5. The third-order valence-electron chi connectivity index (χ3n) is 5.56. The molecule has 2 fully saturated rings. The predicted molar refractivity (Wildman–Crippen MR) is 110 cm³/mol. The van der Waals surface area contributed by atoms with Gasteiger partial charge in [0.1, 0.15) is 0 Å². The van der Waals surface area contributed by atoms with E-state index in [1.165, 1.54) is 0 Å². The van der Waals surface area contributed by atoms with E-state index >= 15 is 0 Å². The summed E-state index contributed by atoms with van der Waals surface area (Å²) >= 11 is 6.21. The molecule has 5 nitrogen and oxygen atoms in total. The Morgan fingerprint density at radius 1 is 1.30 bits per heavy atom. The highest BCUT2D eigenvalue weighted by Gasteiger charge is 2.44. The van der Waals surface area contributed by atoms with Crippen molar-refractivity contribution < 1.29 is 14.3 Å². The minimum absolute atomic E-state index is 0. The van der Waals surface area contributed by atoms with Crippen LogP contribution in [-0.4, -0.2) is 56.4 Å². The Kier molecular flexibility index (Phi) is 8.83. The molecule has 2 heterocycles. The SMILES string of the molecule is Cl.NCCCOC1CCN(C(=O)C2(c3cccc(Cl)c3)CCOCC2)CC1. The van der Waals surface area contributed by atoms with E-state index in [-0.39, 0.29) is 24.4 Å². The zero-order valence-electron chi connectivity index (χ0n) is 15.7. The molecule has 2 N–H and O–H groups in total. The third-order valence-corrected chi connectivity index (χ3v) is 5.80. The number of carbonyl (C=O) groups is 1. The average molecular weight is 417 g/mol. The molecule has 1 aromatic rings. The van der Waals surface area contributed by atoms with Crippen LogP contribution in [0, 0.1) is 0 Å². The van der Waals surface area contributed by atoms with E-state index in [2.05, 4.69) is 0 Å². The van der Waals surface area contributed by atoms with Gasteiger partial charge in [-0.25, -0.2) is 0 Å². The molecule has 0 saturated carbocycles. The van der Waals surface area contributed by atoms with Crippen molar-refractivity contribution in [3.05, 3.63) is 34.9 Å². The van der Waals surface area contributed by atoms with Crippen molar-refractivity contribution >= 4 is 29.9 Å². The molecule has 1 aromatic carbocycles. The molecule has 2 saturated heterocycles. The van der Waals surface area contributed by atoms with Crippen molar-refractivity contribution in [3.8, 4) is 0 Å². The van der Waals surface area contributed by atoms with Gasteiger partial charge in [0.15, 0.2) is 0 Å². The maximum absolute atomic E-state index is 13.5. The van der Waals surface area contributed by atoms with Crippen molar-refractivity contribution in [3.63, 3.8) is 0 Å². The van der Waals surface area contributed by atoms with Gasteiger partial charge in [0, 0.05) is 37.9 Å². The first-order chi connectivity index (χ1) is 12.7. The molecule has 152 valence electrons. The van der Waals surface area contributed by atoms with Gasteiger partial charge in [0.2, 0.25) is 5.91 Å². The van der Waals surface area contributed by atoms with Gasteiger partial charge in [-0.1, -0.05) is 23.7 Å². The van der Waals surface area contributed by atoms with Crippen molar-refractivity contribution in [2.45, 2.75) is 43.6 Å². The van der Waals surface area contributed by atoms with Crippen LogP contribution in [-0.2, 0) is 19.7 Å². The average Bonchev–Trinajstić information content (AvgIpc) is 2.69. The number of hydrogen-bond acceptors (Lipinski definition) is 4. The first-order valence-electron chi connectivity index (χ1n) is 9.60. The van der Waals surface area contributed by atoms with Crippen LogP contribution < -0.4 is 5.73 Å². The summed E-state index contributed by atoms with van der Waals surface area (Å²) in [6, 6.07) is 7.75.